The van der Waals surface area contributed by atoms with Crippen molar-refractivity contribution >= 4 is 30.3 Å². The Morgan fingerprint density at radius 2 is 1.78 bits per heavy atom. The van der Waals surface area contributed by atoms with Gasteiger partial charge in [-0.25, -0.2) is 9.59 Å². The predicted octanol–water partition coefficient (Wildman–Crippen LogP) is 0.833. The first kappa shape index (κ1) is 19.0. The summed E-state index contributed by atoms with van der Waals surface area (Å²) in [6.45, 7) is 6.77. The highest BCUT2D eigenvalue weighted by molar-refractivity contribution is 6.59. The lowest BCUT2D eigenvalue weighted by molar-refractivity contribution is 0.0579. The van der Waals surface area contributed by atoms with E-state index in [1.54, 1.807) is 27.7 Å². The Labute approximate surface area is 136 Å². The van der Waals surface area contributed by atoms with Gasteiger partial charge in [-0.15, -0.1) is 0 Å². The van der Waals surface area contributed by atoms with Crippen LogP contribution in [-0.2, 0) is 9.47 Å². The van der Waals surface area contributed by atoms with Crippen LogP contribution in [0.15, 0.2) is 12.1 Å². The topological polar surface area (TPSA) is 96.3 Å². The Morgan fingerprint density at radius 1 is 1.22 bits per heavy atom. The van der Waals surface area contributed by atoms with Gasteiger partial charge in [-0.1, -0.05) is 0 Å². The standard InChI is InChI=1S/C15H22BNO6/c1-9-11(13(18)22-6)7-10(8-12(9)16(20)21)17(5)14(19)23-15(2,3)4/h7-8,20-21H,1-6H3. The molecule has 0 aliphatic carbocycles. The van der Waals surface area contributed by atoms with Crippen molar-refractivity contribution in [3.63, 3.8) is 0 Å². The maximum atomic E-state index is 12.1. The molecule has 1 rings (SSSR count). The molecule has 1 amide bonds. The summed E-state index contributed by atoms with van der Waals surface area (Å²) in [7, 11) is 0.902. The number of anilines is 1. The number of benzene rings is 1. The first-order chi connectivity index (χ1) is 10.5. The van der Waals surface area contributed by atoms with Gasteiger partial charge in [-0.2, -0.15) is 0 Å². The van der Waals surface area contributed by atoms with Gasteiger partial charge in [0.2, 0.25) is 0 Å². The lowest BCUT2D eigenvalue weighted by Gasteiger charge is -2.25. The van der Waals surface area contributed by atoms with Crippen molar-refractivity contribution in [3.8, 4) is 0 Å². The van der Waals surface area contributed by atoms with E-state index >= 15 is 0 Å². The van der Waals surface area contributed by atoms with E-state index in [1.165, 1.54) is 31.2 Å². The summed E-state index contributed by atoms with van der Waals surface area (Å²) in [6.07, 6.45) is -0.629. The molecule has 0 aromatic heterocycles. The van der Waals surface area contributed by atoms with Gasteiger partial charge in [-0.05, 0) is 50.9 Å². The van der Waals surface area contributed by atoms with Crippen molar-refractivity contribution in [2.45, 2.75) is 33.3 Å². The van der Waals surface area contributed by atoms with Crippen LogP contribution >= 0.6 is 0 Å². The number of amides is 1. The lowest BCUT2D eigenvalue weighted by atomic mass is 9.75. The minimum Gasteiger partial charge on any atom is -0.465 e. The Bertz CT molecular complexity index is 609. The molecule has 126 valence electrons. The quantitative estimate of drug-likeness (QED) is 0.632. The Kier molecular flexibility index (Phi) is 5.79. The number of esters is 1. The van der Waals surface area contributed by atoms with Crippen LogP contribution in [-0.4, -0.2) is 49.0 Å². The van der Waals surface area contributed by atoms with Crippen LogP contribution in [0.25, 0.3) is 0 Å². The summed E-state index contributed by atoms with van der Waals surface area (Å²) < 4.78 is 9.95. The zero-order valence-electron chi connectivity index (χ0n) is 14.2. The van der Waals surface area contributed by atoms with Crippen molar-refractivity contribution < 1.29 is 29.1 Å². The molecule has 0 aliphatic rings. The minimum atomic E-state index is -1.79. The highest BCUT2D eigenvalue weighted by Crippen LogP contribution is 2.20. The second-order valence-electron chi connectivity index (χ2n) is 6.11. The van der Waals surface area contributed by atoms with Crippen molar-refractivity contribution in [2.75, 3.05) is 19.1 Å². The Balaban J connectivity index is 3.33. The highest BCUT2D eigenvalue weighted by atomic mass is 16.6. The molecule has 7 nitrogen and oxygen atoms in total. The number of ether oxygens (including phenoxy) is 2. The zero-order chi connectivity index (χ0) is 17.9. The fourth-order valence-electron chi connectivity index (χ4n) is 1.94. The first-order valence-corrected chi connectivity index (χ1v) is 7.03. The van der Waals surface area contributed by atoms with Crippen LogP contribution in [0, 0.1) is 6.92 Å². The van der Waals surface area contributed by atoms with Gasteiger partial charge in [0.25, 0.3) is 0 Å². The third-order valence-electron chi connectivity index (χ3n) is 3.17. The molecular weight excluding hydrogens is 301 g/mol. The van der Waals surface area contributed by atoms with Crippen LogP contribution < -0.4 is 10.4 Å². The van der Waals surface area contributed by atoms with E-state index in [2.05, 4.69) is 0 Å². The van der Waals surface area contributed by atoms with Crippen LogP contribution in [0.4, 0.5) is 10.5 Å². The van der Waals surface area contributed by atoms with Crippen molar-refractivity contribution in [1.29, 1.82) is 0 Å². The highest BCUT2D eigenvalue weighted by Gasteiger charge is 2.25. The van der Waals surface area contributed by atoms with E-state index in [9.17, 15) is 19.6 Å². The second kappa shape index (κ2) is 7.01. The molecule has 0 fully saturated rings. The SMILES string of the molecule is COC(=O)c1cc(N(C)C(=O)OC(C)(C)C)cc(B(O)O)c1C. The average molecular weight is 323 g/mol. The molecule has 0 atom stereocenters. The molecule has 0 spiro atoms. The van der Waals surface area contributed by atoms with E-state index in [-0.39, 0.29) is 16.7 Å². The number of rotatable bonds is 3. The maximum Gasteiger partial charge on any atom is 0.488 e. The zero-order valence-corrected chi connectivity index (χ0v) is 14.2. The number of hydrogen-bond donors (Lipinski definition) is 2. The molecule has 23 heavy (non-hydrogen) atoms. The van der Waals surface area contributed by atoms with Gasteiger partial charge in [-0.3, -0.25) is 4.90 Å². The smallest absolute Gasteiger partial charge is 0.465 e. The van der Waals surface area contributed by atoms with Crippen LogP contribution in [0.1, 0.15) is 36.7 Å². The number of carbonyl (C=O) groups is 2. The van der Waals surface area contributed by atoms with E-state index in [0.717, 1.165) is 0 Å². The number of carbonyl (C=O) groups excluding carboxylic acids is 2. The normalized spacial score (nSPS) is 11.0. The van der Waals surface area contributed by atoms with Crippen molar-refractivity contribution in [2.24, 2.45) is 0 Å². The summed E-state index contributed by atoms with van der Waals surface area (Å²) in [5.41, 5.74) is 0.226. The van der Waals surface area contributed by atoms with Gasteiger partial charge < -0.3 is 19.5 Å². The maximum absolute atomic E-state index is 12.1. The van der Waals surface area contributed by atoms with E-state index < -0.39 is 24.8 Å². The van der Waals surface area contributed by atoms with Gasteiger partial charge >= 0.3 is 19.2 Å². The molecule has 2 N–H and O–H groups in total. The van der Waals surface area contributed by atoms with Crippen molar-refractivity contribution in [3.05, 3.63) is 23.3 Å². The largest absolute Gasteiger partial charge is 0.488 e. The molecular formula is C15H22BNO6. The number of hydrogen-bond acceptors (Lipinski definition) is 6. The molecule has 0 heterocycles. The summed E-state index contributed by atoms with van der Waals surface area (Å²) >= 11 is 0. The molecule has 0 unspecified atom stereocenters. The summed E-state index contributed by atoms with van der Waals surface area (Å²) in [5.74, 6) is -0.635. The van der Waals surface area contributed by atoms with Crippen LogP contribution in [0.2, 0.25) is 0 Å². The third-order valence-corrected chi connectivity index (χ3v) is 3.17. The van der Waals surface area contributed by atoms with Crippen LogP contribution in [0.5, 0.6) is 0 Å². The monoisotopic (exact) mass is 323 g/mol. The summed E-state index contributed by atoms with van der Waals surface area (Å²) in [5, 5.41) is 19.0. The molecule has 0 saturated heterocycles. The molecule has 1 aromatic carbocycles. The molecule has 0 bridgehead atoms. The second-order valence-corrected chi connectivity index (χ2v) is 6.11. The van der Waals surface area contributed by atoms with Gasteiger partial charge in [0.15, 0.2) is 0 Å². The molecule has 0 aliphatic heterocycles. The van der Waals surface area contributed by atoms with Crippen LogP contribution in [0.3, 0.4) is 0 Å². The fourth-order valence-corrected chi connectivity index (χ4v) is 1.94. The molecule has 8 heteroatoms. The summed E-state index contributed by atoms with van der Waals surface area (Å²) in [6, 6.07) is 2.85. The minimum absolute atomic E-state index is 0.110. The Hall–Kier alpha value is -2.06. The van der Waals surface area contributed by atoms with E-state index in [0.29, 0.717) is 5.56 Å². The average Bonchev–Trinajstić information content (AvgIpc) is 2.43. The Morgan fingerprint density at radius 3 is 2.22 bits per heavy atom. The molecule has 0 radical (unpaired) electrons. The van der Waals surface area contributed by atoms with Gasteiger partial charge in [0.05, 0.1) is 12.7 Å². The number of methoxy groups -OCH3 is 1. The molecule has 1 aromatic rings. The predicted molar refractivity (Wildman–Crippen MR) is 87.0 cm³/mol. The van der Waals surface area contributed by atoms with E-state index in [1.807, 2.05) is 0 Å². The van der Waals surface area contributed by atoms with Gasteiger partial charge in [0.1, 0.15) is 5.60 Å². The van der Waals surface area contributed by atoms with Crippen molar-refractivity contribution in [1.82, 2.24) is 0 Å². The lowest BCUT2D eigenvalue weighted by Crippen LogP contribution is -2.37. The van der Waals surface area contributed by atoms with Gasteiger partial charge in [0, 0.05) is 12.7 Å². The first-order valence-electron chi connectivity index (χ1n) is 7.03. The van der Waals surface area contributed by atoms with E-state index in [4.69, 9.17) is 9.47 Å². The fraction of sp³-hybridized carbons (Fsp3) is 0.467. The number of nitrogens with zero attached hydrogens (tertiary/aromatic N) is 1. The molecule has 0 saturated carbocycles. The third kappa shape index (κ3) is 4.71. The summed E-state index contributed by atoms with van der Waals surface area (Å²) in [4.78, 5) is 25.2.